The molecule has 2 amide bonds. The first-order chi connectivity index (χ1) is 12.5. The van der Waals surface area contributed by atoms with E-state index in [4.69, 9.17) is 4.74 Å². The molecule has 9 nitrogen and oxygen atoms in total. The van der Waals surface area contributed by atoms with Crippen molar-refractivity contribution in [2.24, 2.45) is 5.92 Å². The first kappa shape index (κ1) is 21.4. The number of aromatic nitrogens is 4. The van der Waals surface area contributed by atoms with Gasteiger partial charge < -0.3 is 15.0 Å². The van der Waals surface area contributed by atoms with Crippen molar-refractivity contribution in [2.45, 2.75) is 50.6 Å². The van der Waals surface area contributed by atoms with Crippen molar-refractivity contribution in [3.8, 4) is 0 Å². The fourth-order valence-electron chi connectivity index (χ4n) is 2.08. The summed E-state index contributed by atoms with van der Waals surface area (Å²) in [7, 11) is 3.43. The number of alkyl carbamates (subject to hydrolysis) is 1. The minimum Gasteiger partial charge on any atom is -0.444 e. The quantitative estimate of drug-likeness (QED) is 0.725. The van der Waals surface area contributed by atoms with Gasteiger partial charge in [-0.25, -0.2) is 4.79 Å². The van der Waals surface area contributed by atoms with Gasteiger partial charge >= 0.3 is 6.09 Å². The Bertz CT molecular complexity index is 809. The molecule has 27 heavy (non-hydrogen) atoms. The van der Waals surface area contributed by atoms with Crippen molar-refractivity contribution in [2.75, 3.05) is 19.8 Å². The second-order valence-electron chi connectivity index (χ2n) is 7.57. The number of rotatable bonds is 6. The van der Waals surface area contributed by atoms with Crippen LogP contribution in [0.1, 0.15) is 46.5 Å². The standard InChI is InChI=1S/C16H26N6O3S2/c1-9(2)11(17-14(24)25-16(3,4)5)12-18-19-13-22(12)20-15(27-13)26-8-10(23)21(6)7/h9,11H,8H2,1-7H3,(H,17,24). The zero-order valence-electron chi connectivity index (χ0n) is 16.6. The molecule has 0 aliphatic heterocycles. The van der Waals surface area contributed by atoms with Crippen molar-refractivity contribution < 1.29 is 14.3 Å². The van der Waals surface area contributed by atoms with Crippen LogP contribution < -0.4 is 5.32 Å². The molecule has 0 saturated carbocycles. The highest BCUT2D eigenvalue weighted by atomic mass is 32.2. The molecule has 0 bridgehead atoms. The minimum atomic E-state index is -0.588. The van der Waals surface area contributed by atoms with Crippen LogP contribution in [0.25, 0.3) is 4.96 Å². The summed E-state index contributed by atoms with van der Waals surface area (Å²) in [5.74, 6) is 0.902. The molecule has 0 saturated heterocycles. The van der Waals surface area contributed by atoms with E-state index in [-0.39, 0.29) is 11.8 Å². The van der Waals surface area contributed by atoms with Gasteiger partial charge in [-0.05, 0) is 26.7 Å². The molecule has 0 aromatic carbocycles. The number of nitrogens with one attached hydrogen (secondary N) is 1. The number of hydrogen-bond donors (Lipinski definition) is 1. The molecule has 0 aliphatic rings. The smallest absolute Gasteiger partial charge is 0.408 e. The Kier molecular flexibility index (Phi) is 6.68. The average Bonchev–Trinajstić information content (AvgIpc) is 3.08. The largest absolute Gasteiger partial charge is 0.444 e. The summed E-state index contributed by atoms with van der Waals surface area (Å²) in [6, 6.07) is -0.404. The van der Waals surface area contributed by atoms with Gasteiger partial charge in [0.05, 0.1) is 11.8 Å². The molecular weight excluding hydrogens is 388 g/mol. The van der Waals surface area contributed by atoms with E-state index in [9.17, 15) is 9.59 Å². The number of hydrogen-bond acceptors (Lipinski definition) is 8. The molecule has 0 fully saturated rings. The lowest BCUT2D eigenvalue weighted by Crippen LogP contribution is -2.37. The Morgan fingerprint density at radius 2 is 1.96 bits per heavy atom. The van der Waals surface area contributed by atoms with E-state index >= 15 is 0 Å². The van der Waals surface area contributed by atoms with E-state index < -0.39 is 17.7 Å². The third-order valence-corrected chi connectivity index (χ3v) is 5.45. The normalized spacial score (nSPS) is 13.0. The van der Waals surface area contributed by atoms with Crippen molar-refractivity contribution >= 4 is 40.1 Å². The second kappa shape index (κ2) is 8.42. The van der Waals surface area contributed by atoms with Crippen LogP contribution in [-0.4, -0.2) is 62.2 Å². The molecule has 1 N–H and O–H groups in total. The van der Waals surface area contributed by atoms with Gasteiger partial charge in [0, 0.05) is 14.1 Å². The summed E-state index contributed by atoms with van der Waals surface area (Å²) in [6.45, 7) is 9.38. The fourth-order valence-corrected chi connectivity index (χ4v) is 3.95. The van der Waals surface area contributed by atoms with Crippen molar-refractivity contribution in [1.29, 1.82) is 0 Å². The van der Waals surface area contributed by atoms with E-state index in [0.29, 0.717) is 16.5 Å². The Morgan fingerprint density at radius 1 is 1.30 bits per heavy atom. The summed E-state index contributed by atoms with van der Waals surface area (Å²) in [5.41, 5.74) is -0.588. The molecule has 150 valence electrons. The molecule has 0 spiro atoms. The number of carbonyl (C=O) groups is 2. The van der Waals surface area contributed by atoms with E-state index in [0.717, 1.165) is 4.34 Å². The molecule has 1 atom stereocenters. The van der Waals surface area contributed by atoms with Crippen LogP contribution in [0.2, 0.25) is 0 Å². The summed E-state index contributed by atoms with van der Waals surface area (Å²) in [6.07, 6.45) is -0.514. The van der Waals surface area contributed by atoms with Gasteiger partial charge in [0.1, 0.15) is 5.60 Å². The zero-order valence-corrected chi connectivity index (χ0v) is 18.3. The van der Waals surface area contributed by atoms with E-state index in [2.05, 4.69) is 20.6 Å². The van der Waals surface area contributed by atoms with E-state index in [1.165, 1.54) is 28.0 Å². The number of ether oxygens (including phenoxy) is 1. The van der Waals surface area contributed by atoms with Crippen LogP contribution in [-0.2, 0) is 9.53 Å². The molecule has 2 heterocycles. The van der Waals surface area contributed by atoms with Crippen LogP contribution in [0.5, 0.6) is 0 Å². The number of amides is 2. The van der Waals surface area contributed by atoms with Gasteiger partial charge in [-0.3, -0.25) is 4.79 Å². The van der Waals surface area contributed by atoms with Crippen molar-refractivity contribution in [1.82, 2.24) is 30.0 Å². The Morgan fingerprint density at radius 3 is 2.52 bits per heavy atom. The monoisotopic (exact) mass is 414 g/mol. The van der Waals surface area contributed by atoms with Gasteiger partial charge in [-0.1, -0.05) is 36.9 Å². The summed E-state index contributed by atoms with van der Waals surface area (Å²) < 4.78 is 7.69. The van der Waals surface area contributed by atoms with E-state index in [1.54, 1.807) is 18.6 Å². The van der Waals surface area contributed by atoms with Gasteiger partial charge in [-0.15, -0.1) is 15.3 Å². The highest BCUT2D eigenvalue weighted by Crippen LogP contribution is 2.28. The summed E-state index contributed by atoms with van der Waals surface area (Å²) >= 11 is 2.71. The third-order valence-electron chi connectivity index (χ3n) is 3.43. The number of fused-ring (bicyclic) bond motifs is 1. The topological polar surface area (TPSA) is 102 Å². The maximum absolute atomic E-state index is 12.2. The Labute approximate surface area is 166 Å². The lowest BCUT2D eigenvalue weighted by atomic mass is 10.0. The zero-order chi connectivity index (χ0) is 20.4. The van der Waals surface area contributed by atoms with Crippen LogP contribution in [0.15, 0.2) is 4.34 Å². The van der Waals surface area contributed by atoms with E-state index in [1.807, 2.05) is 34.6 Å². The Balaban J connectivity index is 2.19. The van der Waals surface area contributed by atoms with Crippen molar-refractivity contribution in [3.63, 3.8) is 0 Å². The highest BCUT2D eigenvalue weighted by molar-refractivity contribution is 8.01. The highest BCUT2D eigenvalue weighted by Gasteiger charge is 2.28. The second-order valence-corrected chi connectivity index (χ2v) is 9.74. The van der Waals surface area contributed by atoms with Crippen LogP contribution >= 0.6 is 23.1 Å². The Hall–Kier alpha value is -1.88. The minimum absolute atomic E-state index is 0.0119. The SMILES string of the molecule is CC(C)C(NC(=O)OC(C)(C)C)c1nnc2sc(SCC(=O)N(C)C)nn12. The lowest BCUT2D eigenvalue weighted by Gasteiger charge is -2.24. The predicted molar refractivity (Wildman–Crippen MR) is 105 cm³/mol. The van der Waals surface area contributed by atoms with Gasteiger partial charge in [0.25, 0.3) is 0 Å². The number of carbonyl (C=O) groups excluding carboxylic acids is 2. The van der Waals surface area contributed by atoms with Crippen LogP contribution in [0.4, 0.5) is 4.79 Å². The van der Waals surface area contributed by atoms with Crippen LogP contribution in [0, 0.1) is 5.92 Å². The van der Waals surface area contributed by atoms with Gasteiger partial charge in [-0.2, -0.15) is 4.52 Å². The fraction of sp³-hybridized carbons (Fsp3) is 0.688. The summed E-state index contributed by atoms with van der Waals surface area (Å²) in [5, 5.41) is 15.7. The molecule has 0 aliphatic carbocycles. The number of nitrogens with zero attached hydrogens (tertiary/aromatic N) is 5. The van der Waals surface area contributed by atoms with Crippen LogP contribution in [0.3, 0.4) is 0 Å². The molecule has 2 rings (SSSR count). The summed E-state index contributed by atoms with van der Waals surface area (Å²) in [4.78, 5) is 26.1. The maximum atomic E-state index is 12.2. The van der Waals surface area contributed by atoms with Crippen molar-refractivity contribution in [3.05, 3.63) is 5.82 Å². The molecule has 2 aromatic rings. The first-order valence-corrected chi connectivity index (χ1v) is 10.3. The number of thioether (sulfide) groups is 1. The molecular formula is C16H26N6O3S2. The maximum Gasteiger partial charge on any atom is 0.408 e. The predicted octanol–water partition coefficient (Wildman–Crippen LogP) is 2.59. The molecule has 2 aromatic heterocycles. The first-order valence-electron chi connectivity index (χ1n) is 8.52. The molecule has 0 radical (unpaired) electrons. The van der Waals surface area contributed by atoms with Gasteiger partial charge in [0.15, 0.2) is 10.2 Å². The molecule has 11 heteroatoms. The average molecular weight is 415 g/mol. The van der Waals surface area contributed by atoms with Gasteiger partial charge in [0.2, 0.25) is 10.9 Å². The molecule has 1 unspecified atom stereocenters. The third kappa shape index (κ3) is 5.80. The lowest BCUT2D eigenvalue weighted by molar-refractivity contribution is -0.125.